The molecule has 0 spiro atoms. The summed E-state index contributed by atoms with van der Waals surface area (Å²) in [6, 6.07) is 36.1. The summed E-state index contributed by atoms with van der Waals surface area (Å²) in [6.07, 6.45) is 1.62. The van der Waals surface area contributed by atoms with Crippen LogP contribution < -0.4 is 10.2 Å². The number of thiocarbonyl (C=S) groups is 1. The lowest BCUT2D eigenvalue weighted by Crippen LogP contribution is -2.54. The molecule has 41 heavy (non-hydrogen) atoms. The summed E-state index contributed by atoms with van der Waals surface area (Å²) in [6.45, 7) is 0. The Kier molecular flexibility index (Phi) is 7.28. The molecule has 6 rings (SSSR count). The van der Waals surface area contributed by atoms with Crippen molar-refractivity contribution in [2.75, 3.05) is 4.90 Å². The van der Waals surface area contributed by atoms with E-state index in [4.69, 9.17) is 35.4 Å². The number of amides is 2. The van der Waals surface area contributed by atoms with Crippen molar-refractivity contribution in [2.24, 2.45) is 0 Å². The molecule has 1 N–H and O–H groups in total. The maximum atomic E-state index is 13.8. The number of anilines is 1. The van der Waals surface area contributed by atoms with Gasteiger partial charge in [0.15, 0.2) is 5.11 Å². The van der Waals surface area contributed by atoms with Crippen LogP contribution in [0.15, 0.2) is 121 Å². The molecule has 2 heterocycles. The quantitative estimate of drug-likeness (QED) is 0.128. The molecule has 8 heteroatoms. The molecule has 5 nitrogen and oxygen atoms in total. The highest BCUT2D eigenvalue weighted by Crippen LogP contribution is 2.38. The first-order valence-corrected chi connectivity index (χ1v) is 13.9. The Bertz CT molecular complexity index is 1830. The molecule has 5 aromatic rings. The second kappa shape index (κ2) is 11.2. The van der Waals surface area contributed by atoms with E-state index in [0.29, 0.717) is 21.3 Å². The third-order valence-corrected chi connectivity index (χ3v) is 7.58. The molecule has 200 valence electrons. The Morgan fingerprint density at radius 2 is 1.34 bits per heavy atom. The average Bonchev–Trinajstić information content (AvgIpc) is 3.36. The van der Waals surface area contributed by atoms with Crippen LogP contribution in [0, 0.1) is 0 Å². The molecule has 1 fully saturated rings. The fourth-order valence-electron chi connectivity index (χ4n) is 4.88. The van der Waals surface area contributed by atoms with Gasteiger partial charge in [-0.1, -0.05) is 96.0 Å². The zero-order valence-corrected chi connectivity index (χ0v) is 23.8. The molecular weight excluding hydrogens is 573 g/mol. The van der Waals surface area contributed by atoms with Gasteiger partial charge in [-0.3, -0.25) is 19.8 Å². The first kappa shape index (κ1) is 26.7. The number of para-hydroxylation sites is 1. The maximum absolute atomic E-state index is 13.8. The Morgan fingerprint density at radius 3 is 2.00 bits per heavy atom. The van der Waals surface area contributed by atoms with E-state index in [1.165, 1.54) is 4.90 Å². The van der Waals surface area contributed by atoms with Gasteiger partial charge in [0, 0.05) is 16.3 Å². The summed E-state index contributed by atoms with van der Waals surface area (Å²) < 4.78 is 2.11. The predicted octanol–water partition coefficient (Wildman–Crippen LogP) is 7.95. The number of nitrogens with one attached hydrogen (secondary N) is 1. The summed E-state index contributed by atoms with van der Waals surface area (Å²) in [4.78, 5) is 28.3. The molecule has 1 saturated heterocycles. The Labute approximate surface area is 252 Å². The van der Waals surface area contributed by atoms with Crippen molar-refractivity contribution in [3.05, 3.63) is 136 Å². The molecule has 1 aromatic heterocycles. The van der Waals surface area contributed by atoms with Crippen LogP contribution in [0.2, 0.25) is 10.0 Å². The van der Waals surface area contributed by atoms with Gasteiger partial charge in [-0.25, -0.2) is 0 Å². The van der Waals surface area contributed by atoms with Crippen molar-refractivity contribution in [3.63, 3.8) is 0 Å². The topological polar surface area (TPSA) is 54.3 Å². The summed E-state index contributed by atoms with van der Waals surface area (Å²) in [5, 5.41) is 3.58. The van der Waals surface area contributed by atoms with Gasteiger partial charge in [0.25, 0.3) is 11.8 Å². The maximum Gasteiger partial charge on any atom is 0.270 e. The molecule has 0 saturated carbocycles. The largest absolute Gasteiger partial charge is 0.309 e. The van der Waals surface area contributed by atoms with Gasteiger partial charge in [-0.15, -0.1) is 0 Å². The van der Waals surface area contributed by atoms with Crippen LogP contribution in [0.5, 0.6) is 0 Å². The van der Waals surface area contributed by atoms with Crippen molar-refractivity contribution in [2.45, 2.75) is 0 Å². The van der Waals surface area contributed by atoms with E-state index in [1.807, 2.05) is 91.0 Å². The summed E-state index contributed by atoms with van der Waals surface area (Å²) >= 11 is 18.0. The van der Waals surface area contributed by atoms with Crippen LogP contribution in [0.4, 0.5) is 5.69 Å². The molecule has 1 aliphatic heterocycles. The predicted molar refractivity (Wildman–Crippen MR) is 169 cm³/mol. The summed E-state index contributed by atoms with van der Waals surface area (Å²) in [7, 11) is 0. The number of nitrogens with zero attached hydrogens (tertiary/aromatic N) is 2. The van der Waals surface area contributed by atoms with Crippen LogP contribution in [0.25, 0.3) is 34.3 Å². The lowest BCUT2D eigenvalue weighted by molar-refractivity contribution is -0.122. The number of benzene rings is 4. The van der Waals surface area contributed by atoms with Crippen LogP contribution in [-0.4, -0.2) is 21.5 Å². The van der Waals surface area contributed by atoms with Crippen molar-refractivity contribution in [3.8, 4) is 28.2 Å². The number of carbonyl (C=O) groups is 2. The van der Waals surface area contributed by atoms with Crippen molar-refractivity contribution in [1.29, 1.82) is 0 Å². The van der Waals surface area contributed by atoms with Gasteiger partial charge < -0.3 is 4.57 Å². The number of halogens is 2. The third kappa shape index (κ3) is 5.09. The molecular formula is C33H21Cl2N3O2S. The standard InChI is InChI=1S/C33H21Cl2N3O2S/c34-24-15-17-25(18-16-24)37-29(21-9-3-1-4-10-21)20-23(30(37)22-11-5-2-6-12-22)19-26-31(39)36-33(41)38(32(26)40)28-14-8-7-13-27(28)35/h1-20H,(H,36,39,41)/b26-19-. The smallest absolute Gasteiger partial charge is 0.270 e. The van der Waals surface area contributed by atoms with Gasteiger partial charge in [-0.2, -0.15) is 0 Å². The van der Waals surface area contributed by atoms with Crippen LogP contribution in [0.1, 0.15) is 5.56 Å². The van der Waals surface area contributed by atoms with Gasteiger partial charge in [0.2, 0.25) is 0 Å². The van der Waals surface area contributed by atoms with Gasteiger partial charge in [-0.05, 0) is 71.9 Å². The molecule has 2 amide bonds. The zero-order chi connectivity index (χ0) is 28.5. The van der Waals surface area contributed by atoms with Crippen molar-refractivity contribution in [1.82, 2.24) is 9.88 Å². The third-order valence-electron chi connectivity index (χ3n) is 6.73. The van der Waals surface area contributed by atoms with Gasteiger partial charge >= 0.3 is 0 Å². The van der Waals surface area contributed by atoms with E-state index in [2.05, 4.69) is 9.88 Å². The first-order valence-electron chi connectivity index (χ1n) is 12.7. The number of hydrogen-bond donors (Lipinski definition) is 1. The highest BCUT2D eigenvalue weighted by molar-refractivity contribution is 7.80. The minimum atomic E-state index is -0.581. The molecule has 4 aromatic carbocycles. The van der Waals surface area contributed by atoms with E-state index in [1.54, 1.807) is 30.3 Å². The fourth-order valence-corrected chi connectivity index (χ4v) is 5.50. The Hall–Kier alpha value is -4.49. The summed E-state index contributed by atoms with van der Waals surface area (Å²) in [5.74, 6) is -1.14. The van der Waals surface area contributed by atoms with Crippen molar-refractivity contribution < 1.29 is 9.59 Å². The average molecular weight is 595 g/mol. The highest BCUT2D eigenvalue weighted by Gasteiger charge is 2.36. The minimum absolute atomic E-state index is 0.0303. The zero-order valence-electron chi connectivity index (χ0n) is 21.4. The second-order valence-corrected chi connectivity index (χ2v) is 10.5. The molecule has 0 unspecified atom stereocenters. The van der Waals surface area contributed by atoms with E-state index in [-0.39, 0.29) is 10.7 Å². The van der Waals surface area contributed by atoms with Crippen molar-refractivity contribution >= 4 is 64.1 Å². The molecule has 0 aliphatic carbocycles. The SMILES string of the molecule is O=C1NC(=S)N(c2ccccc2Cl)C(=O)/C1=C\c1cc(-c2ccccc2)n(-c2ccc(Cl)cc2)c1-c1ccccc1. The lowest BCUT2D eigenvalue weighted by Gasteiger charge is -2.29. The monoisotopic (exact) mass is 593 g/mol. The Balaban J connectivity index is 1.61. The van der Waals surface area contributed by atoms with Gasteiger partial charge in [0.05, 0.1) is 22.1 Å². The number of carbonyl (C=O) groups excluding carboxylic acids is 2. The minimum Gasteiger partial charge on any atom is -0.309 e. The van der Waals surface area contributed by atoms with E-state index < -0.39 is 11.8 Å². The molecule has 0 radical (unpaired) electrons. The van der Waals surface area contributed by atoms with E-state index >= 15 is 0 Å². The highest BCUT2D eigenvalue weighted by atomic mass is 35.5. The van der Waals surface area contributed by atoms with Gasteiger partial charge in [0.1, 0.15) is 5.57 Å². The number of hydrogen-bond acceptors (Lipinski definition) is 3. The van der Waals surface area contributed by atoms with Crippen LogP contribution in [-0.2, 0) is 9.59 Å². The van der Waals surface area contributed by atoms with E-state index in [0.717, 1.165) is 28.2 Å². The normalized spacial score (nSPS) is 14.4. The molecule has 0 atom stereocenters. The van der Waals surface area contributed by atoms with E-state index in [9.17, 15) is 9.59 Å². The summed E-state index contributed by atoms with van der Waals surface area (Å²) in [5.41, 5.74) is 5.41. The van der Waals surface area contributed by atoms with Crippen LogP contribution >= 0.6 is 35.4 Å². The molecule has 1 aliphatic rings. The first-order chi connectivity index (χ1) is 19.9. The lowest BCUT2D eigenvalue weighted by atomic mass is 10.0. The molecule has 0 bridgehead atoms. The second-order valence-electron chi connectivity index (χ2n) is 9.29. The van der Waals surface area contributed by atoms with Crippen LogP contribution in [0.3, 0.4) is 0 Å². The number of rotatable bonds is 5. The Morgan fingerprint density at radius 1 is 0.732 bits per heavy atom. The fraction of sp³-hybridized carbons (Fsp3) is 0. The number of aromatic nitrogens is 1.